The van der Waals surface area contributed by atoms with E-state index >= 15 is 0 Å². The van der Waals surface area contributed by atoms with Gasteiger partial charge in [-0.15, -0.1) is 0 Å². The fraction of sp³-hybridized carbons (Fsp3) is 0.214. The van der Waals surface area contributed by atoms with Crippen LogP contribution in [0, 0.1) is 6.92 Å². The molecule has 5 heteroatoms. The third-order valence-corrected chi connectivity index (χ3v) is 3.97. The van der Waals surface area contributed by atoms with Gasteiger partial charge in [-0.05, 0) is 46.6 Å². The second-order valence-electron chi connectivity index (χ2n) is 4.09. The summed E-state index contributed by atoms with van der Waals surface area (Å²) in [6.07, 6.45) is 1.78. The molecule has 100 valence electrons. The summed E-state index contributed by atoms with van der Waals surface area (Å²) in [7, 11) is 1.64. The van der Waals surface area contributed by atoms with Gasteiger partial charge in [-0.1, -0.05) is 17.7 Å². The second-order valence-corrected chi connectivity index (χ2v) is 5.35. The molecule has 1 aromatic heterocycles. The van der Waals surface area contributed by atoms with Crippen LogP contribution < -0.4 is 10.1 Å². The molecule has 0 amide bonds. The van der Waals surface area contributed by atoms with Crippen LogP contribution >= 0.6 is 27.5 Å². The molecule has 19 heavy (non-hydrogen) atoms. The minimum atomic E-state index is 0.566. The maximum Gasteiger partial charge on any atom is 0.126 e. The molecular weight excluding hydrogens is 328 g/mol. The van der Waals surface area contributed by atoms with Crippen LogP contribution in [0.5, 0.6) is 5.75 Å². The lowest BCUT2D eigenvalue weighted by Gasteiger charge is -2.12. The molecule has 0 bridgehead atoms. The molecule has 1 aromatic carbocycles. The molecule has 0 spiro atoms. The van der Waals surface area contributed by atoms with Crippen molar-refractivity contribution in [3.8, 4) is 5.75 Å². The van der Waals surface area contributed by atoms with Crippen LogP contribution in [-0.2, 0) is 6.54 Å². The molecule has 0 saturated carbocycles. The Kier molecular flexibility index (Phi) is 4.66. The van der Waals surface area contributed by atoms with E-state index < -0.39 is 0 Å². The van der Waals surface area contributed by atoms with E-state index in [9.17, 15) is 0 Å². The standard InChI is InChI=1S/C14H14BrClN2O/c1-9-6-14(18-8-11(9)15)17-7-10-12(16)4-3-5-13(10)19-2/h3-6,8H,7H2,1-2H3,(H,17,18). The van der Waals surface area contributed by atoms with Gasteiger partial charge in [0.2, 0.25) is 0 Å². The van der Waals surface area contributed by atoms with Gasteiger partial charge in [0, 0.05) is 27.8 Å². The highest BCUT2D eigenvalue weighted by Gasteiger charge is 2.07. The average molecular weight is 342 g/mol. The SMILES string of the molecule is COc1cccc(Cl)c1CNc1cc(C)c(Br)cn1. The number of anilines is 1. The van der Waals surface area contributed by atoms with Crippen LogP contribution in [0.4, 0.5) is 5.82 Å². The molecule has 0 unspecified atom stereocenters. The number of hydrogen-bond acceptors (Lipinski definition) is 3. The van der Waals surface area contributed by atoms with Crippen LogP contribution in [0.2, 0.25) is 5.02 Å². The van der Waals surface area contributed by atoms with Crippen LogP contribution in [-0.4, -0.2) is 12.1 Å². The molecule has 3 nitrogen and oxygen atoms in total. The van der Waals surface area contributed by atoms with Crippen LogP contribution in [0.15, 0.2) is 34.9 Å². The van der Waals surface area contributed by atoms with Gasteiger partial charge in [0.1, 0.15) is 11.6 Å². The fourth-order valence-corrected chi connectivity index (χ4v) is 2.17. The smallest absolute Gasteiger partial charge is 0.126 e. The Hall–Kier alpha value is -1.26. The van der Waals surface area contributed by atoms with Crippen molar-refractivity contribution in [2.24, 2.45) is 0 Å². The van der Waals surface area contributed by atoms with Crippen molar-refractivity contribution in [1.29, 1.82) is 0 Å². The normalized spacial score (nSPS) is 10.3. The Bertz CT molecular complexity index is 590. The van der Waals surface area contributed by atoms with Gasteiger partial charge in [0.15, 0.2) is 0 Å². The number of benzene rings is 1. The molecule has 0 aliphatic rings. The van der Waals surface area contributed by atoms with Gasteiger partial charge in [-0.2, -0.15) is 0 Å². The maximum atomic E-state index is 6.18. The van der Waals surface area contributed by atoms with Crippen molar-refractivity contribution < 1.29 is 4.74 Å². The van der Waals surface area contributed by atoms with Crippen LogP contribution in [0.1, 0.15) is 11.1 Å². The number of nitrogens with zero attached hydrogens (tertiary/aromatic N) is 1. The Balaban J connectivity index is 2.16. The highest BCUT2D eigenvalue weighted by Crippen LogP contribution is 2.27. The number of ether oxygens (including phenoxy) is 1. The van der Waals surface area contributed by atoms with E-state index in [0.717, 1.165) is 27.2 Å². The molecule has 2 rings (SSSR count). The van der Waals surface area contributed by atoms with E-state index in [-0.39, 0.29) is 0 Å². The van der Waals surface area contributed by atoms with E-state index in [1.807, 2.05) is 31.2 Å². The molecule has 0 fully saturated rings. The number of aryl methyl sites for hydroxylation is 1. The van der Waals surface area contributed by atoms with Crippen molar-refractivity contribution >= 4 is 33.3 Å². The monoisotopic (exact) mass is 340 g/mol. The van der Waals surface area contributed by atoms with Gasteiger partial charge < -0.3 is 10.1 Å². The predicted octanol–water partition coefficient (Wildman–Crippen LogP) is 4.43. The summed E-state index contributed by atoms with van der Waals surface area (Å²) in [5.74, 6) is 1.58. The highest BCUT2D eigenvalue weighted by molar-refractivity contribution is 9.10. The zero-order valence-electron chi connectivity index (χ0n) is 10.7. The van der Waals surface area contributed by atoms with Crippen molar-refractivity contribution in [3.63, 3.8) is 0 Å². The van der Waals surface area contributed by atoms with Gasteiger partial charge in [-0.25, -0.2) is 4.98 Å². The van der Waals surface area contributed by atoms with Gasteiger partial charge in [0.25, 0.3) is 0 Å². The van der Waals surface area contributed by atoms with E-state index in [4.69, 9.17) is 16.3 Å². The van der Waals surface area contributed by atoms with Crippen molar-refractivity contribution in [2.75, 3.05) is 12.4 Å². The van der Waals surface area contributed by atoms with Crippen LogP contribution in [0.3, 0.4) is 0 Å². The van der Waals surface area contributed by atoms with Crippen molar-refractivity contribution in [2.45, 2.75) is 13.5 Å². The fourth-order valence-electron chi connectivity index (χ4n) is 1.72. The summed E-state index contributed by atoms with van der Waals surface area (Å²) in [5, 5.41) is 3.93. The first-order valence-electron chi connectivity index (χ1n) is 5.79. The molecule has 0 radical (unpaired) electrons. The summed E-state index contributed by atoms with van der Waals surface area (Å²) >= 11 is 9.61. The summed E-state index contributed by atoms with van der Waals surface area (Å²) in [6.45, 7) is 2.59. The average Bonchev–Trinajstić information content (AvgIpc) is 2.41. The lowest BCUT2D eigenvalue weighted by atomic mass is 10.2. The molecule has 0 saturated heterocycles. The number of rotatable bonds is 4. The summed E-state index contributed by atoms with van der Waals surface area (Å²) < 4.78 is 6.30. The minimum absolute atomic E-state index is 0.566. The molecule has 1 heterocycles. The molecule has 0 aliphatic heterocycles. The summed E-state index contributed by atoms with van der Waals surface area (Å²) in [5.41, 5.74) is 2.05. The first-order chi connectivity index (χ1) is 9.11. The maximum absolute atomic E-state index is 6.18. The van der Waals surface area contributed by atoms with Gasteiger partial charge in [0.05, 0.1) is 7.11 Å². The number of aromatic nitrogens is 1. The summed E-state index contributed by atoms with van der Waals surface area (Å²) in [4.78, 5) is 4.30. The Morgan fingerprint density at radius 1 is 1.42 bits per heavy atom. The van der Waals surface area contributed by atoms with E-state index in [1.165, 1.54) is 0 Å². The quantitative estimate of drug-likeness (QED) is 0.893. The summed E-state index contributed by atoms with van der Waals surface area (Å²) in [6, 6.07) is 7.59. The van der Waals surface area contributed by atoms with Gasteiger partial charge >= 0.3 is 0 Å². The lowest BCUT2D eigenvalue weighted by molar-refractivity contribution is 0.410. The number of hydrogen-bond donors (Lipinski definition) is 1. The molecule has 0 aliphatic carbocycles. The number of methoxy groups -OCH3 is 1. The predicted molar refractivity (Wildman–Crippen MR) is 82.0 cm³/mol. The highest BCUT2D eigenvalue weighted by atomic mass is 79.9. The largest absolute Gasteiger partial charge is 0.496 e. The molecule has 1 N–H and O–H groups in total. The minimum Gasteiger partial charge on any atom is -0.496 e. The number of pyridine rings is 1. The lowest BCUT2D eigenvalue weighted by Crippen LogP contribution is -2.04. The Morgan fingerprint density at radius 3 is 2.89 bits per heavy atom. The third kappa shape index (κ3) is 3.39. The van der Waals surface area contributed by atoms with E-state index in [1.54, 1.807) is 13.3 Å². The van der Waals surface area contributed by atoms with Crippen molar-refractivity contribution in [1.82, 2.24) is 4.98 Å². The number of nitrogens with one attached hydrogen (secondary N) is 1. The van der Waals surface area contributed by atoms with Crippen molar-refractivity contribution in [3.05, 3.63) is 51.1 Å². The first-order valence-corrected chi connectivity index (χ1v) is 6.96. The number of halogens is 2. The Morgan fingerprint density at radius 2 is 2.21 bits per heavy atom. The molecule has 0 atom stereocenters. The van der Waals surface area contributed by atoms with Gasteiger partial charge in [-0.3, -0.25) is 0 Å². The molecule has 2 aromatic rings. The topological polar surface area (TPSA) is 34.1 Å². The molecular formula is C14H14BrClN2O. The Labute approximate surface area is 126 Å². The first kappa shape index (κ1) is 14.2. The van der Waals surface area contributed by atoms with E-state index in [0.29, 0.717) is 11.6 Å². The zero-order chi connectivity index (χ0) is 13.8. The van der Waals surface area contributed by atoms with E-state index in [2.05, 4.69) is 26.2 Å². The third-order valence-electron chi connectivity index (χ3n) is 2.79. The zero-order valence-corrected chi connectivity index (χ0v) is 13.0. The second kappa shape index (κ2) is 6.26. The van der Waals surface area contributed by atoms with Crippen LogP contribution in [0.25, 0.3) is 0 Å².